The lowest BCUT2D eigenvalue weighted by atomic mass is 9.98. The average molecular weight is 460 g/mol. The second-order valence-corrected chi connectivity index (χ2v) is 8.11. The van der Waals surface area contributed by atoms with Gasteiger partial charge in [-0.25, -0.2) is 4.79 Å². The van der Waals surface area contributed by atoms with E-state index in [9.17, 15) is 19.5 Å². The van der Waals surface area contributed by atoms with Crippen molar-refractivity contribution in [2.24, 2.45) is 0 Å². The summed E-state index contributed by atoms with van der Waals surface area (Å²) >= 11 is 0. The number of alkyl carbamates (subject to hydrolysis) is 1. The Balaban J connectivity index is 1.41. The first-order valence-electron chi connectivity index (χ1n) is 11.0. The predicted molar refractivity (Wildman–Crippen MR) is 125 cm³/mol. The Labute approximate surface area is 197 Å². The van der Waals surface area contributed by atoms with Crippen LogP contribution in [0.2, 0.25) is 0 Å². The zero-order valence-corrected chi connectivity index (χ0v) is 18.6. The molecule has 0 bridgehead atoms. The summed E-state index contributed by atoms with van der Waals surface area (Å²) in [5, 5.41) is 14.3. The molecule has 3 aromatic rings. The number of rotatable bonds is 8. The lowest BCUT2D eigenvalue weighted by Crippen LogP contribution is -2.48. The van der Waals surface area contributed by atoms with Crippen LogP contribution in [0, 0.1) is 0 Å². The highest BCUT2D eigenvalue weighted by Crippen LogP contribution is 2.44. The minimum atomic E-state index is -1.29. The zero-order valence-electron chi connectivity index (χ0n) is 18.6. The van der Waals surface area contributed by atoms with Gasteiger partial charge in [-0.15, -0.1) is 0 Å². The number of pyridine rings is 1. The van der Waals surface area contributed by atoms with Gasteiger partial charge in [-0.1, -0.05) is 54.6 Å². The van der Waals surface area contributed by atoms with Gasteiger partial charge in [0.15, 0.2) is 0 Å². The summed E-state index contributed by atoms with van der Waals surface area (Å²) in [5.41, 5.74) is 4.92. The number of carboxylic acids is 1. The summed E-state index contributed by atoms with van der Waals surface area (Å²) in [6, 6.07) is 19.4. The van der Waals surface area contributed by atoms with E-state index < -0.39 is 36.5 Å². The summed E-state index contributed by atoms with van der Waals surface area (Å²) < 4.78 is 5.46. The summed E-state index contributed by atoms with van der Waals surface area (Å²) in [6.07, 6.45) is 0.167. The van der Waals surface area contributed by atoms with Crippen molar-refractivity contribution in [3.8, 4) is 11.1 Å². The number of hydrogen-bond donors (Lipinski definition) is 3. The number of carbonyl (C=O) groups is 3. The largest absolute Gasteiger partial charge is 0.481 e. The van der Waals surface area contributed by atoms with Gasteiger partial charge < -0.3 is 20.5 Å². The third-order valence-corrected chi connectivity index (χ3v) is 5.82. The van der Waals surface area contributed by atoms with E-state index in [1.807, 2.05) is 48.5 Å². The summed E-state index contributed by atoms with van der Waals surface area (Å²) in [7, 11) is 0. The fourth-order valence-electron chi connectivity index (χ4n) is 4.19. The fourth-order valence-corrected chi connectivity index (χ4v) is 4.19. The quantitative estimate of drug-likeness (QED) is 0.473. The van der Waals surface area contributed by atoms with Gasteiger partial charge in [-0.2, -0.15) is 0 Å². The zero-order chi connectivity index (χ0) is 24.1. The Kier molecular flexibility index (Phi) is 6.87. The molecule has 0 saturated heterocycles. The predicted octanol–water partition coefficient (Wildman–Crippen LogP) is 3.64. The number of hydrogen-bond acceptors (Lipinski definition) is 5. The molecule has 3 N–H and O–H groups in total. The van der Waals surface area contributed by atoms with Crippen molar-refractivity contribution in [3.05, 3.63) is 89.7 Å². The molecule has 34 heavy (non-hydrogen) atoms. The Morgan fingerprint density at radius 2 is 1.56 bits per heavy atom. The van der Waals surface area contributed by atoms with Crippen LogP contribution in [0.5, 0.6) is 0 Å². The minimum Gasteiger partial charge on any atom is -0.481 e. The normalized spacial score (nSPS) is 13.8. The third kappa shape index (κ3) is 5.06. The molecule has 2 atom stereocenters. The maximum atomic E-state index is 12.7. The number of aliphatic carboxylic acids is 1. The molecule has 4 rings (SSSR count). The Hall–Kier alpha value is -4.20. The van der Waals surface area contributed by atoms with Crippen LogP contribution in [0.15, 0.2) is 72.9 Å². The molecule has 1 aromatic heterocycles. The van der Waals surface area contributed by atoms with Crippen LogP contribution in [0.1, 0.15) is 42.1 Å². The van der Waals surface area contributed by atoms with Gasteiger partial charge >= 0.3 is 12.1 Å². The second-order valence-electron chi connectivity index (χ2n) is 8.11. The maximum Gasteiger partial charge on any atom is 0.407 e. The Bertz CT molecular complexity index is 1150. The van der Waals surface area contributed by atoms with E-state index in [0.29, 0.717) is 5.69 Å². The first kappa shape index (κ1) is 23.0. The first-order valence-corrected chi connectivity index (χ1v) is 11.0. The van der Waals surface area contributed by atoms with Crippen LogP contribution in [-0.4, -0.2) is 40.7 Å². The summed E-state index contributed by atoms with van der Waals surface area (Å²) in [4.78, 5) is 40.8. The molecule has 0 fully saturated rings. The number of ether oxygens (including phenoxy) is 1. The van der Waals surface area contributed by atoms with Crippen molar-refractivity contribution in [1.82, 2.24) is 15.6 Å². The van der Waals surface area contributed by atoms with Crippen molar-refractivity contribution in [2.75, 3.05) is 6.61 Å². The highest BCUT2D eigenvalue weighted by molar-refractivity contribution is 5.89. The smallest absolute Gasteiger partial charge is 0.407 e. The number of carboxylic acid groups (broad SMARTS) is 1. The van der Waals surface area contributed by atoms with Gasteiger partial charge in [0.2, 0.25) is 5.91 Å². The molecule has 2 amide bonds. The van der Waals surface area contributed by atoms with Crippen LogP contribution in [0.25, 0.3) is 11.1 Å². The highest BCUT2D eigenvalue weighted by Gasteiger charge is 2.30. The topological polar surface area (TPSA) is 118 Å². The lowest BCUT2D eigenvalue weighted by molar-refractivity contribution is -0.140. The van der Waals surface area contributed by atoms with Gasteiger partial charge in [0.1, 0.15) is 12.6 Å². The molecule has 8 heteroatoms. The Morgan fingerprint density at radius 1 is 0.941 bits per heavy atom. The molecule has 1 aliphatic rings. The third-order valence-electron chi connectivity index (χ3n) is 5.82. The molecule has 0 saturated carbocycles. The number of benzene rings is 2. The van der Waals surface area contributed by atoms with Gasteiger partial charge in [-0.05, 0) is 41.3 Å². The average Bonchev–Trinajstić information content (AvgIpc) is 3.16. The van der Waals surface area contributed by atoms with E-state index in [0.717, 1.165) is 22.3 Å². The van der Waals surface area contributed by atoms with E-state index in [1.165, 1.54) is 0 Å². The fraction of sp³-hybridized carbons (Fsp3) is 0.231. The van der Waals surface area contributed by atoms with Gasteiger partial charge in [0.25, 0.3) is 0 Å². The lowest BCUT2D eigenvalue weighted by Gasteiger charge is -2.21. The molecule has 1 heterocycles. The van der Waals surface area contributed by atoms with Crippen LogP contribution < -0.4 is 10.6 Å². The molecule has 174 valence electrons. The summed E-state index contributed by atoms with van der Waals surface area (Å²) in [6.45, 7) is 1.79. The van der Waals surface area contributed by atoms with E-state index in [2.05, 4.69) is 15.6 Å². The maximum absolute atomic E-state index is 12.7. The van der Waals surface area contributed by atoms with Gasteiger partial charge in [0, 0.05) is 12.1 Å². The monoisotopic (exact) mass is 459 g/mol. The van der Waals surface area contributed by atoms with Crippen LogP contribution in [0.3, 0.4) is 0 Å². The number of carbonyl (C=O) groups excluding carboxylic acids is 2. The molecule has 8 nitrogen and oxygen atoms in total. The first-order chi connectivity index (χ1) is 16.4. The van der Waals surface area contributed by atoms with E-state index in [-0.39, 0.29) is 12.5 Å². The Morgan fingerprint density at radius 3 is 2.15 bits per heavy atom. The number of nitrogens with one attached hydrogen (secondary N) is 2. The van der Waals surface area contributed by atoms with Crippen molar-refractivity contribution in [3.63, 3.8) is 0 Å². The van der Waals surface area contributed by atoms with Gasteiger partial charge in [0.05, 0.1) is 18.2 Å². The van der Waals surface area contributed by atoms with E-state index in [4.69, 9.17) is 4.74 Å². The standard InChI is InChI=1S/C26H25N3O5/c1-16(22-12-6-7-13-27-22)28-25(32)23(14-24(30)31)29-26(33)34-15-21-19-10-4-2-8-17(19)18-9-3-5-11-20(18)21/h2-13,16,21,23H,14-15H2,1H3,(H,28,32)(H,29,33)(H,30,31). The van der Waals surface area contributed by atoms with Crippen molar-refractivity contribution in [1.29, 1.82) is 0 Å². The van der Waals surface area contributed by atoms with E-state index >= 15 is 0 Å². The molecule has 2 unspecified atom stereocenters. The molecule has 2 aromatic carbocycles. The number of nitrogens with zero attached hydrogens (tertiary/aromatic N) is 1. The molecule has 1 aliphatic carbocycles. The van der Waals surface area contributed by atoms with Crippen molar-refractivity contribution < 1.29 is 24.2 Å². The number of fused-ring (bicyclic) bond motifs is 3. The summed E-state index contributed by atoms with van der Waals surface area (Å²) in [5.74, 6) is -1.99. The van der Waals surface area contributed by atoms with Gasteiger partial charge in [-0.3, -0.25) is 14.6 Å². The second kappa shape index (κ2) is 10.2. The SMILES string of the molecule is CC(NC(=O)C(CC(=O)O)NC(=O)OCC1c2ccccc2-c2ccccc21)c1ccccn1. The van der Waals surface area contributed by atoms with Crippen LogP contribution >= 0.6 is 0 Å². The van der Waals surface area contributed by atoms with Crippen molar-refractivity contribution >= 4 is 18.0 Å². The minimum absolute atomic E-state index is 0.0611. The van der Waals surface area contributed by atoms with E-state index in [1.54, 1.807) is 31.3 Å². The van der Waals surface area contributed by atoms with Crippen LogP contribution in [0.4, 0.5) is 4.79 Å². The molecular weight excluding hydrogens is 434 g/mol. The van der Waals surface area contributed by atoms with Crippen LogP contribution in [-0.2, 0) is 14.3 Å². The molecule has 0 spiro atoms. The molecule has 0 radical (unpaired) electrons. The molecule has 0 aliphatic heterocycles. The highest BCUT2D eigenvalue weighted by atomic mass is 16.5. The number of aromatic nitrogens is 1. The number of amides is 2. The van der Waals surface area contributed by atoms with Crippen molar-refractivity contribution in [2.45, 2.75) is 31.3 Å². The molecular formula is C26H25N3O5.